The number of hydrogen-bond donors (Lipinski definition) is 0. The van der Waals surface area contributed by atoms with Crippen LogP contribution >= 0.6 is 0 Å². The van der Waals surface area contributed by atoms with E-state index in [0.29, 0.717) is 0 Å². The Morgan fingerprint density at radius 3 is 2.67 bits per heavy atom. The molecule has 0 saturated carbocycles. The Morgan fingerprint density at radius 1 is 1.33 bits per heavy atom. The second kappa shape index (κ2) is 7.44. The maximum Gasteiger partial charge on any atom is 0.0655 e. The Hall–Kier alpha value is -1.89. The van der Waals surface area contributed by atoms with Gasteiger partial charge in [-0.15, -0.1) is 0 Å². The minimum absolute atomic E-state index is 0.891. The lowest BCUT2D eigenvalue weighted by atomic mass is 10.0. The summed E-state index contributed by atoms with van der Waals surface area (Å²) in [6.07, 6.45) is 11.0. The second-order valence-electron chi connectivity index (χ2n) is 4.22. The van der Waals surface area contributed by atoms with Crippen LogP contribution in [0.25, 0.3) is 5.57 Å². The first-order chi connectivity index (χ1) is 8.69. The van der Waals surface area contributed by atoms with E-state index in [1.165, 1.54) is 16.7 Å². The van der Waals surface area contributed by atoms with Crippen molar-refractivity contribution in [1.29, 1.82) is 0 Å². The molecule has 0 aliphatic rings. The Balaban J connectivity index is 2.86. The van der Waals surface area contributed by atoms with Gasteiger partial charge in [-0.2, -0.15) is 0 Å². The highest BCUT2D eigenvalue weighted by atomic mass is 14.7. The SMILES string of the molecule is C=CC(CC=C(C)c1ccccn1)=C(C)C=CC. The Labute approximate surface area is 110 Å². The van der Waals surface area contributed by atoms with Crippen LogP contribution in [0.3, 0.4) is 0 Å². The molecular formula is C17H21N. The van der Waals surface area contributed by atoms with Gasteiger partial charge in [0, 0.05) is 6.20 Å². The molecule has 0 radical (unpaired) electrons. The lowest BCUT2D eigenvalue weighted by Gasteiger charge is -2.04. The molecule has 0 N–H and O–H groups in total. The van der Waals surface area contributed by atoms with Crippen molar-refractivity contribution < 1.29 is 0 Å². The number of pyridine rings is 1. The summed E-state index contributed by atoms with van der Waals surface area (Å²) in [6.45, 7) is 10.1. The van der Waals surface area contributed by atoms with Gasteiger partial charge >= 0.3 is 0 Å². The smallest absolute Gasteiger partial charge is 0.0655 e. The molecule has 0 spiro atoms. The van der Waals surface area contributed by atoms with E-state index in [0.717, 1.165) is 12.1 Å². The number of nitrogens with zero attached hydrogens (tertiary/aromatic N) is 1. The van der Waals surface area contributed by atoms with E-state index < -0.39 is 0 Å². The fourth-order valence-corrected chi connectivity index (χ4v) is 1.73. The predicted molar refractivity (Wildman–Crippen MR) is 80.2 cm³/mol. The third-order valence-electron chi connectivity index (χ3n) is 2.87. The first-order valence-electron chi connectivity index (χ1n) is 6.22. The van der Waals surface area contributed by atoms with Crippen LogP contribution in [0, 0.1) is 0 Å². The maximum absolute atomic E-state index is 4.34. The van der Waals surface area contributed by atoms with Gasteiger partial charge < -0.3 is 0 Å². The van der Waals surface area contributed by atoms with Crippen molar-refractivity contribution in [2.24, 2.45) is 0 Å². The lowest BCUT2D eigenvalue weighted by Crippen LogP contribution is -1.86. The third kappa shape index (κ3) is 4.17. The molecule has 1 heterocycles. The van der Waals surface area contributed by atoms with E-state index in [-0.39, 0.29) is 0 Å². The quantitative estimate of drug-likeness (QED) is 0.662. The van der Waals surface area contributed by atoms with E-state index in [4.69, 9.17) is 0 Å². The van der Waals surface area contributed by atoms with E-state index in [2.05, 4.69) is 37.6 Å². The van der Waals surface area contributed by atoms with Crippen LogP contribution in [0.15, 0.2) is 66.4 Å². The molecule has 0 aliphatic carbocycles. The normalized spacial score (nSPS) is 13.6. The van der Waals surface area contributed by atoms with Crippen molar-refractivity contribution in [2.45, 2.75) is 27.2 Å². The fraction of sp³-hybridized carbons (Fsp3) is 0.235. The highest BCUT2D eigenvalue weighted by Gasteiger charge is 1.98. The number of rotatable bonds is 5. The summed E-state index contributed by atoms with van der Waals surface area (Å²) in [5.74, 6) is 0. The molecule has 1 rings (SSSR count). The van der Waals surface area contributed by atoms with Crippen molar-refractivity contribution in [3.63, 3.8) is 0 Å². The van der Waals surface area contributed by atoms with Gasteiger partial charge in [0.25, 0.3) is 0 Å². The van der Waals surface area contributed by atoms with E-state index >= 15 is 0 Å². The molecule has 94 valence electrons. The molecule has 0 amide bonds. The van der Waals surface area contributed by atoms with Gasteiger partial charge in [-0.25, -0.2) is 0 Å². The summed E-state index contributed by atoms with van der Waals surface area (Å²) in [4.78, 5) is 4.34. The van der Waals surface area contributed by atoms with Gasteiger partial charge in [0.2, 0.25) is 0 Å². The molecular weight excluding hydrogens is 218 g/mol. The molecule has 0 unspecified atom stereocenters. The fourth-order valence-electron chi connectivity index (χ4n) is 1.73. The maximum atomic E-state index is 4.34. The molecule has 0 atom stereocenters. The molecule has 0 aromatic carbocycles. The van der Waals surface area contributed by atoms with Crippen molar-refractivity contribution in [3.05, 3.63) is 72.1 Å². The van der Waals surface area contributed by atoms with Crippen LogP contribution < -0.4 is 0 Å². The van der Waals surface area contributed by atoms with Gasteiger partial charge in [-0.1, -0.05) is 36.9 Å². The zero-order valence-electron chi connectivity index (χ0n) is 11.5. The molecule has 0 fully saturated rings. The topological polar surface area (TPSA) is 12.9 Å². The molecule has 0 aliphatic heterocycles. The zero-order chi connectivity index (χ0) is 13.4. The second-order valence-corrected chi connectivity index (χ2v) is 4.22. The van der Waals surface area contributed by atoms with E-state index in [9.17, 15) is 0 Å². The molecule has 1 heteroatoms. The number of aromatic nitrogens is 1. The molecule has 1 aromatic rings. The van der Waals surface area contributed by atoms with Crippen LogP contribution in [0.5, 0.6) is 0 Å². The average molecular weight is 239 g/mol. The van der Waals surface area contributed by atoms with Crippen LogP contribution in [0.2, 0.25) is 0 Å². The monoisotopic (exact) mass is 239 g/mol. The first-order valence-corrected chi connectivity index (χ1v) is 6.22. The summed E-state index contributed by atoms with van der Waals surface area (Å²) < 4.78 is 0. The van der Waals surface area contributed by atoms with Crippen molar-refractivity contribution >= 4 is 5.57 Å². The number of hydrogen-bond acceptors (Lipinski definition) is 1. The van der Waals surface area contributed by atoms with Gasteiger partial charge in [0.1, 0.15) is 0 Å². The minimum atomic E-state index is 0.891. The van der Waals surface area contributed by atoms with Crippen molar-refractivity contribution in [2.75, 3.05) is 0 Å². The summed E-state index contributed by atoms with van der Waals surface area (Å²) in [5, 5.41) is 0. The van der Waals surface area contributed by atoms with E-state index in [1.807, 2.05) is 43.5 Å². The van der Waals surface area contributed by atoms with Crippen LogP contribution in [-0.4, -0.2) is 4.98 Å². The third-order valence-corrected chi connectivity index (χ3v) is 2.87. The van der Waals surface area contributed by atoms with Gasteiger partial charge in [-0.3, -0.25) is 4.98 Å². The highest BCUT2D eigenvalue weighted by molar-refractivity contribution is 5.60. The molecule has 18 heavy (non-hydrogen) atoms. The largest absolute Gasteiger partial charge is 0.257 e. The molecule has 1 aromatic heterocycles. The Morgan fingerprint density at radius 2 is 2.11 bits per heavy atom. The van der Waals surface area contributed by atoms with Gasteiger partial charge in [0.05, 0.1) is 5.69 Å². The van der Waals surface area contributed by atoms with Crippen LogP contribution in [0.1, 0.15) is 32.9 Å². The molecule has 1 nitrogen and oxygen atoms in total. The highest BCUT2D eigenvalue weighted by Crippen LogP contribution is 2.17. The summed E-state index contributed by atoms with van der Waals surface area (Å²) >= 11 is 0. The van der Waals surface area contributed by atoms with Crippen LogP contribution in [-0.2, 0) is 0 Å². The molecule has 0 bridgehead atoms. The predicted octanol–water partition coefficient (Wildman–Crippen LogP) is 4.95. The van der Waals surface area contributed by atoms with Gasteiger partial charge in [0.15, 0.2) is 0 Å². The first kappa shape index (κ1) is 14.2. The summed E-state index contributed by atoms with van der Waals surface area (Å²) in [5.41, 5.74) is 4.74. The Kier molecular flexibility index (Phi) is 5.86. The van der Waals surface area contributed by atoms with Gasteiger partial charge in [-0.05, 0) is 56.0 Å². The number of allylic oxidation sites excluding steroid dienone is 7. The van der Waals surface area contributed by atoms with E-state index in [1.54, 1.807) is 0 Å². The average Bonchev–Trinajstić information content (AvgIpc) is 2.40. The van der Waals surface area contributed by atoms with Crippen molar-refractivity contribution in [1.82, 2.24) is 4.98 Å². The lowest BCUT2D eigenvalue weighted by molar-refractivity contribution is 1.21. The standard InChI is InChI=1S/C17H21N/c1-5-9-14(3)16(6-2)12-11-15(4)17-10-7-8-13-18-17/h5-11,13H,2,12H2,1,3-4H3. The Bertz CT molecular complexity index is 476. The van der Waals surface area contributed by atoms with Crippen molar-refractivity contribution in [3.8, 4) is 0 Å². The molecule has 0 saturated heterocycles. The minimum Gasteiger partial charge on any atom is -0.257 e. The zero-order valence-corrected chi connectivity index (χ0v) is 11.5. The van der Waals surface area contributed by atoms with Crippen LogP contribution in [0.4, 0.5) is 0 Å². The summed E-state index contributed by atoms with van der Waals surface area (Å²) in [6, 6.07) is 5.97. The summed E-state index contributed by atoms with van der Waals surface area (Å²) in [7, 11) is 0.